The molecular weight excluding hydrogens is 1020 g/mol. The average Bonchev–Trinajstić information content (AvgIpc) is 3.49. The summed E-state index contributed by atoms with van der Waals surface area (Å²) >= 11 is 0. The molecule has 0 heterocycles. The van der Waals surface area contributed by atoms with E-state index in [0.29, 0.717) is 19.3 Å². The average molecular weight is 1150 g/mol. The van der Waals surface area contributed by atoms with Gasteiger partial charge in [0.05, 0.1) is 0 Å². The highest BCUT2D eigenvalue weighted by atomic mass is 16.6. The summed E-state index contributed by atoms with van der Waals surface area (Å²) in [6.45, 7) is 6.48. The minimum Gasteiger partial charge on any atom is -0.462 e. The molecule has 0 aromatic heterocycles. The van der Waals surface area contributed by atoms with Crippen LogP contribution >= 0.6 is 0 Å². The minimum absolute atomic E-state index is 0.0828. The molecule has 6 heteroatoms. The fraction of sp³-hybridized carbons (Fsp3) is 0.675. The minimum atomic E-state index is -0.785. The molecule has 0 fully saturated rings. The van der Waals surface area contributed by atoms with Crippen LogP contribution in [0.25, 0.3) is 0 Å². The van der Waals surface area contributed by atoms with Gasteiger partial charge in [0.2, 0.25) is 0 Å². The van der Waals surface area contributed by atoms with E-state index in [9.17, 15) is 14.4 Å². The van der Waals surface area contributed by atoms with Gasteiger partial charge >= 0.3 is 17.9 Å². The summed E-state index contributed by atoms with van der Waals surface area (Å²) in [4.78, 5) is 38.2. The molecule has 0 rings (SSSR count). The lowest BCUT2D eigenvalue weighted by Crippen LogP contribution is -2.30. The van der Waals surface area contributed by atoms with Crippen molar-refractivity contribution in [3.8, 4) is 0 Å². The lowest BCUT2D eigenvalue weighted by atomic mass is 10.0. The van der Waals surface area contributed by atoms with Gasteiger partial charge in [0.15, 0.2) is 6.10 Å². The molecular formula is C77H128O6. The van der Waals surface area contributed by atoms with Crippen LogP contribution in [0.3, 0.4) is 0 Å². The number of carbonyl (C=O) groups excluding carboxylic acids is 3. The third kappa shape index (κ3) is 68.2. The van der Waals surface area contributed by atoms with E-state index in [-0.39, 0.29) is 31.1 Å². The van der Waals surface area contributed by atoms with Crippen LogP contribution < -0.4 is 0 Å². The molecule has 0 aliphatic carbocycles. The first-order valence-corrected chi connectivity index (χ1v) is 34.7. The van der Waals surface area contributed by atoms with Crippen molar-refractivity contribution in [3.05, 3.63) is 134 Å². The maximum Gasteiger partial charge on any atom is 0.306 e. The van der Waals surface area contributed by atoms with Crippen molar-refractivity contribution in [2.24, 2.45) is 0 Å². The molecule has 1 atom stereocenters. The molecule has 0 aliphatic rings. The summed E-state index contributed by atoms with van der Waals surface area (Å²) in [6.07, 6.45) is 99.2. The Hall–Kier alpha value is -4.45. The molecule has 0 radical (unpaired) electrons. The number of carbonyl (C=O) groups is 3. The van der Waals surface area contributed by atoms with E-state index >= 15 is 0 Å². The van der Waals surface area contributed by atoms with E-state index in [2.05, 4.69) is 154 Å². The SMILES string of the molecule is CC/C=C\C/C=C\C/C=C\C/C=C\C/C=C\C/C=C\C/C=C\C/C=C\C/C=C\CCCCCCCCCC(=O)OCC(COC(=O)CCCCCCCCC)OC(=O)CCCCCCCCCCCCC/C=C\C/C=C\CCCCCCC. The first-order chi connectivity index (χ1) is 41.0. The topological polar surface area (TPSA) is 78.9 Å². The molecule has 0 spiro atoms. The number of hydrogen-bond acceptors (Lipinski definition) is 6. The van der Waals surface area contributed by atoms with Crippen LogP contribution in [-0.2, 0) is 28.6 Å². The zero-order chi connectivity index (χ0) is 59.9. The highest BCUT2D eigenvalue weighted by molar-refractivity contribution is 5.71. The van der Waals surface area contributed by atoms with Gasteiger partial charge in [-0.1, -0.05) is 309 Å². The largest absolute Gasteiger partial charge is 0.462 e. The fourth-order valence-corrected chi connectivity index (χ4v) is 9.47. The van der Waals surface area contributed by atoms with Crippen LogP contribution in [0.1, 0.15) is 316 Å². The molecule has 0 aliphatic heterocycles. The summed E-state index contributed by atoms with van der Waals surface area (Å²) in [5.74, 6) is -0.897. The Morgan fingerprint density at radius 1 is 0.253 bits per heavy atom. The molecule has 0 aromatic rings. The maximum absolute atomic E-state index is 12.9. The Bertz CT molecular complexity index is 1750. The lowest BCUT2D eigenvalue weighted by molar-refractivity contribution is -0.167. The van der Waals surface area contributed by atoms with Gasteiger partial charge in [-0.3, -0.25) is 14.4 Å². The van der Waals surface area contributed by atoms with Crippen molar-refractivity contribution in [2.45, 2.75) is 322 Å². The lowest BCUT2D eigenvalue weighted by Gasteiger charge is -2.18. The fourth-order valence-electron chi connectivity index (χ4n) is 9.47. The molecule has 1 unspecified atom stereocenters. The van der Waals surface area contributed by atoms with Gasteiger partial charge < -0.3 is 14.2 Å². The Labute approximate surface area is 513 Å². The zero-order valence-electron chi connectivity index (χ0n) is 54.2. The standard InChI is InChI=1S/C77H128O6/c1-4-7-10-13-16-18-20-22-24-26-28-30-32-33-34-35-36-37-38-39-40-41-42-43-45-46-48-50-52-54-56-58-61-64-67-70-76(79)82-73-74(72-81-75(78)69-66-63-60-15-12-9-6-3)83-77(80)71-68-65-62-59-57-55-53-51-49-47-44-31-29-27-25-23-21-19-17-14-11-8-5-2/h7,10,16,18,21-24,27-30,33-34,36-37,39-40,42-43,46,48,74H,4-6,8-9,11-15,17,19-20,25-26,31-32,35,38,41,44-45,47,49-73H2,1-3H3/b10-7-,18-16-,23-21-,24-22-,29-27-,30-28-,34-33-,37-36-,40-39-,43-42-,48-46-. The Kier molecular flexibility index (Phi) is 66.3. The van der Waals surface area contributed by atoms with Crippen LogP contribution in [0.4, 0.5) is 0 Å². The summed E-state index contributed by atoms with van der Waals surface area (Å²) < 4.78 is 16.9. The molecule has 6 nitrogen and oxygen atoms in total. The van der Waals surface area contributed by atoms with Crippen molar-refractivity contribution in [1.29, 1.82) is 0 Å². The molecule has 0 amide bonds. The smallest absolute Gasteiger partial charge is 0.306 e. The molecule has 0 aromatic carbocycles. The van der Waals surface area contributed by atoms with Crippen molar-refractivity contribution < 1.29 is 28.6 Å². The molecule has 472 valence electrons. The van der Waals surface area contributed by atoms with Gasteiger partial charge in [0.25, 0.3) is 0 Å². The van der Waals surface area contributed by atoms with E-state index in [4.69, 9.17) is 14.2 Å². The van der Waals surface area contributed by atoms with E-state index < -0.39 is 6.10 Å². The maximum atomic E-state index is 12.9. The zero-order valence-corrected chi connectivity index (χ0v) is 54.2. The third-order valence-corrected chi connectivity index (χ3v) is 14.6. The van der Waals surface area contributed by atoms with Gasteiger partial charge in [-0.2, -0.15) is 0 Å². The van der Waals surface area contributed by atoms with Crippen molar-refractivity contribution in [2.75, 3.05) is 13.2 Å². The molecule has 0 saturated carbocycles. The predicted molar refractivity (Wildman–Crippen MR) is 362 cm³/mol. The molecule has 0 saturated heterocycles. The first kappa shape index (κ1) is 78.5. The van der Waals surface area contributed by atoms with Crippen molar-refractivity contribution in [3.63, 3.8) is 0 Å². The van der Waals surface area contributed by atoms with Gasteiger partial charge in [-0.25, -0.2) is 0 Å². The van der Waals surface area contributed by atoms with Crippen LogP contribution in [0, 0.1) is 0 Å². The van der Waals surface area contributed by atoms with Crippen LogP contribution in [-0.4, -0.2) is 37.2 Å². The van der Waals surface area contributed by atoms with Crippen LogP contribution in [0.2, 0.25) is 0 Å². The van der Waals surface area contributed by atoms with E-state index in [1.807, 2.05) is 0 Å². The Balaban J connectivity index is 4.15. The van der Waals surface area contributed by atoms with Gasteiger partial charge in [-0.15, -0.1) is 0 Å². The van der Waals surface area contributed by atoms with E-state index in [1.54, 1.807) is 0 Å². The Morgan fingerprint density at radius 3 is 0.735 bits per heavy atom. The van der Waals surface area contributed by atoms with Crippen molar-refractivity contribution >= 4 is 17.9 Å². The Morgan fingerprint density at radius 2 is 0.470 bits per heavy atom. The van der Waals surface area contributed by atoms with Gasteiger partial charge in [0.1, 0.15) is 13.2 Å². The highest BCUT2D eigenvalue weighted by Crippen LogP contribution is 2.16. The number of rotatable bonds is 62. The summed E-state index contributed by atoms with van der Waals surface area (Å²) in [7, 11) is 0. The number of unbranched alkanes of at least 4 members (excludes halogenated alkanes) is 29. The molecule has 0 N–H and O–H groups in total. The molecule has 0 bridgehead atoms. The first-order valence-electron chi connectivity index (χ1n) is 34.7. The summed E-state index contributed by atoms with van der Waals surface area (Å²) in [6, 6.07) is 0. The number of hydrogen-bond donors (Lipinski definition) is 0. The number of ether oxygens (including phenoxy) is 3. The molecule has 83 heavy (non-hydrogen) atoms. The normalized spacial score (nSPS) is 13.0. The third-order valence-electron chi connectivity index (χ3n) is 14.6. The summed E-state index contributed by atoms with van der Waals surface area (Å²) in [5, 5.41) is 0. The monoisotopic (exact) mass is 1150 g/mol. The van der Waals surface area contributed by atoms with Crippen LogP contribution in [0.5, 0.6) is 0 Å². The number of esters is 3. The second-order valence-electron chi connectivity index (χ2n) is 22.7. The van der Waals surface area contributed by atoms with Gasteiger partial charge in [0, 0.05) is 19.3 Å². The second kappa shape index (κ2) is 70.0. The predicted octanol–water partition coefficient (Wildman–Crippen LogP) is 24.1. The number of allylic oxidation sites excluding steroid dienone is 22. The van der Waals surface area contributed by atoms with Crippen LogP contribution in [0.15, 0.2) is 134 Å². The quantitative estimate of drug-likeness (QED) is 0.0261. The van der Waals surface area contributed by atoms with Crippen molar-refractivity contribution in [1.82, 2.24) is 0 Å². The van der Waals surface area contributed by atoms with E-state index in [1.165, 1.54) is 148 Å². The van der Waals surface area contributed by atoms with E-state index in [0.717, 1.165) is 128 Å². The summed E-state index contributed by atoms with van der Waals surface area (Å²) in [5.41, 5.74) is 0. The van der Waals surface area contributed by atoms with Gasteiger partial charge in [-0.05, 0) is 122 Å². The second-order valence-corrected chi connectivity index (χ2v) is 22.7. The highest BCUT2D eigenvalue weighted by Gasteiger charge is 2.19.